The van der Waals surface area contributed by atoms with Crippen molar-refractivity contribution < 1.29 is 9.53 Å². The second kappa shape index (κ2) is 9.27. The Kier molecular flexibility index (Phi) is 5.66. The fourth-order valence-corrected chi connectivity index (χ4v) is 4.29. The zero-order valence-corrected chi connectivity index (χ0v) is 19.7. The topological polar surface area (TPSA) is 117 Å². The molecule has 4 aromatic heterocycles. The molecular weight excluding hydrogens is 458 g/mol. The molecule has 1 fully saturated rings. The van der Waals surface area contributed by atoms with Crippen LogP contribution in [0.25, 0.3) is 16.7 Å². The third-order valence-electron chi connectivity index (χ3n) is 6.06. The maximum Gasteiger partial charge on any atom is 0.260 e. The Hall–Kier alpha value is -4.51. The molecule has 5 heterocycles. The van der Waals surface area contributed by atoms with E-state index in [0.29, 0.717) is 23.0 Å². The highest BCUT2D eigenvalue weighted by Gasteiger charge is 2.18. The largest absolute Gasteiger partial charge is 0.356 e. The number of aromatic nitrogens is 7. The first-order chi connectivity index (χ1) is 17.6. The minimum atomic E-state index is -0.274. The van der Waals surface area contributed by atoms with Crippen molar-refractivity contribution in [2.75, 3.05) is 17.2 Å². The van der Waals surface area contributed by atoms with Crippen LogP contribution in [0, 0.1) is 0 Å². The molecule has 0 saturated carbocycles. The minimum Gasteiger partial charge on any atom is -0.356 e. The third kappa shape index (κ3) is 4.43. The van der Waals surface area contributed by atoms with E-state index in [1.165, 1.54) is 6.20 Å². The van der Waals surface area contributed by atoms with Gasteiger partial charge in [0, 0.05) is 43.2 Å². The molecule has 1 aliphatic heterocycles. The van der Waals surface area contributed by atoms with E-state index in [1.807, 2.05) is 47.4 Å². The predicted molar refractivity (Wildman–Crippen MR) is 134 cm³/mol. The number of nitrogens with zero attached hydrogens (tertiary/aromatic N) is 7. The second-order valence-corrected chi connectivity index (χ2v) is 8.69. The highest BCUT2D eigenvalue weighted by atomic mass is 16.5. The smallest absolute Gasteiger partial charge is 0.260 e. The van der Waals surface area contributed by atoms with Crippen LogP contribution >= 0.6 is 0 Å². The van der Waals surface area contributed by atoms with Gasteiger partial charge >= 0.3 is 0 Å². The molecule has 1 atom stereocenters. The summed E-state index contributed by atoms with van der Waals surface area (Å²) in [5, 5.41) is 20.3. The Balaban J connectivity index is 1.16. The molecule has 0 spiro atoms. The van der Waals surface area contributed by atoms with Crippen LogP contribution in [0.1, 0.15) is 35.8 Å². The lowest BCUT2D eigenvalue weighted by molar-refractivity contribution is -0.0366. The predicted octanol–water partition coefficient (Wildman–Crippen LogP) is 4.05. The molecule has 182 valence electrons. The van der Waals surface area contributed by atoms with Gasteiger partial charge in [0.25, 0.3) is 5.91 Å². The quantitative estimate of drug-likeness (QED) is 0.374. The number of carbonyl (C=O) groups is 1. The first-order valence-corrected chi connectivity index (χ1v) is 11.8. The van der Waals surface area contributed by atoms with E-state index in [0.717, 1.165) is 42.5 Å². The summed E-state index contributed by atoms with van der Waals surface area (Å²) in [6, 6.07) is 13.3. The van der Waals surface area contributed by atoms with Gasteiger partial charge in [-0.15, -0.1) is 5.10 Å². The van der Waals surface area contributed by atoms with Crippen molar-refractivity contribution >= 4 is 34.1 Å². The zero-order valence-electron chi connectivity index (χ0n) is 19.7. The molecule has 11 nitrogen and oxygen atoms in total. The van der Waals surface area contributed by atoms with Crippen molar-refractivity contribution in [3.63, 3.8) is 0 Å². The standard InChI is InChI=1S/C25H25N9O2/c1-32-16-18(15-26-32)25(35)30-21-5-4-6-23(29-21)33-11-10-22(31-33)28-19-8-9-20-17(13-19)14-27-34(20)24-7-2-3-12-36-24/h4-6,8-11,13-16,24H,2-3,7,12H2,1H3,(H,28,31)(H,29,30,35). The minimum absolute atomic E-state index is 0.00293. The first kappa shape index (κ1) is 22.0. The molecule has 0 aliphatic carbocycles. The van der Waals surface area contributed by atoms with Gasteiger partial charge in [0.15, 0.2) is 17.9 Å². The van der Waals surface area contributed by atoms with Crippen LogP contribution in [0.5, 0.6) is 0 Å². The highest BCUT2D eigenvalue weighted by Crippen LogP contribution is 2.28. The normalized spacial score (nSPS) is 15.8. The van der Waals surface area contributed by atoms with Gasteiger partial charge in [-0.2, -0.15) is 10.2 Å². The molecule has 6 rings (SSSR count). The van der Waals surface area contributed by atoms with E-state index >= 15 is 0 Å². The number of hydrogen-bond donors (Lipinski definition) is 2. The Morgan fingerprint density at radius 1 is 1.08 bits per heavy atom. The van der Waals surface area contributed by atoms with Gasteiger partial charge in [-0.25, -0.2) is 14.3 Å². The van der Waals surface area contributed by atoms with E-state index in [-0.39, 0.29) is 12.1 Å². The van der Waals surface area contributed by atoms with E-state index in [1.54, 1.807) is 28.7 Å². The lowest BCUT2D eigenvalue weighted by atomic mass is 10.2. The number of ether oxygens (including phenoxy) is 1. The Morgan fingerprint density at radius 3 is 2.86 bits per heavy atom. The van der Waals surface area contributed by atoms with Gasteiger partial charge in [-0.1, -0.05) is 6.07 Å². The molecule has 1 unspecified atom stereocenters. The van der Waals surface area contributed by atoms with Gasteiger partial charge < -0.3 is 15.4 Å². The SMILES string of the molecule is Cn1cc(C(=O)Nc2cccc(-n3ccc(Nc4ccc5c(cnn5C5CCCCO5)c4)n3)n2)cn1. The Bertz CT molecular complexity index is 1530. The van der Waals surface area contributed by atoms with Crippen LogP contribution in [0.3, 0.4) is 0 Å². The van der Waals surface area contributed by atoms with Crippen molar-refractivity contribution in [1.82, 2.24) is 34.3 Å². The lowest BCUT2D eigenvalue weighted by Gasteiger charge is -2.23. The van der Waals surface area contributed by atoms with Crippen LogP contribution in [0.2, 0.25) is 0 Å². The number of carbonyl (C=O) groups excluding carboxylic acids is 1. The summed E-state index contributed by atoms with van der Waals surface area (Å²) >= 11 is 0. The maximum atomic E-state index is 12.4. The van der Waals surface area contributed by atoms with E-state index in [9.17, 15) is 4.79 Å². The summed E-state index contributed by atoms with van der Waals surface area (Å²) in [5.41, 5.74) is 2.42. The molecule has 1 aromatic carbocycles. The molecule has 1 saturated heterocycles. The highest BCUT2D eigenvalue weighted by molar-refractivity contribution is 6.03. The van der Waals surface area contributed by atoms with Crippen molar-refractivity contribution in [3.05, 3.63) is 72.8 Å². The molecule has 1 aliphatic rings. The van der Waals surface area contributed by atoms with Crippen molar-refractivity contribution in [2.24, 2.45) is 7.05 Å². The average Bonchev–Trinajstić information content (AvgIpc) is 3.64. The lowest BCUT2D eigenvalue weighted by Crippen LogP contribution is -2.18. The number of amides is 1. The summed E-state index contributed by atoms with van der Waals surface area (Å²) in [6.07, 6.45) is 10.1. The first-order valence-electron chi connectivity index (χ1n) is 11.8. The Morgan fingerprint density at radius 2 is 2.03 bits per heavy atom. The number of hydrogen-bond acceptors (Lipinski definition) is 7. The number of nitrogens with one attached hydrogen (secondary N) is 2. The van der Waals surface area contributed by atoms with Crippen LogP contribution < -0.4 is 10.6 Å². The summed E-state index contributed by atoms with van der Waals surface area (Å²) in [5.74, 6) is 1.40. The zero-order chi connectivity index (χ0) is 24.5. The second-order valence-electron chi connectivity index (χ2n) is 8.69. The summed E-state index contributed by atoms with van der Waals surface area (Å²) in [6.45, 7) is 0.781. The van der Waals surface area contributed by atoms with E-state index in [4.69, 9.17) is 4.74 Å². The number of benzene rings is 1. The fraction of sp³-hybridized carbons (Fsp3) is 0.240. The molecule has 1 amide bonds. The fourth-order valence-electron chi connectivity index (χ4n) is 4.29. The molecular formula is C25H25N9O2. The number of pyridine rings is 1. The third-order valence-corrected chi connectivity index (χ3v) is 6.06. The number of rotatable bonds is 6. The molecule has 5 aromatic rings. The molecule has 2 N–H and O–H groups in total. The van der Waals surface area contributed by atoms with Crippen molar-refractivity contribution in [2.45, 2.75) is 25.5 Å². The molecule has 0 bridgehead atoms. The maximum absolute atomic E-state index is 12.4. The van der Waals surface area contributed by atoms with Crippen LogP contribution in [0.4, 0.5) is 17.3 Å². The van der Waals surface area contributed by atoms with Crippen LogP contribution in [-0.4, -0.2) is 46.8 Å². The van der Waals surface area contributed by atoms with Crippen molar-refractivity contribution in [1.29, 1.82) is 0 Å². The Labute approximate surface area is 206 Å². The van der Waals surface area contributed by atoms with Gasteiger partial charge in [0.2, 0.25) is 0 Å². The van der Waals surface area contributed by atoms with Gasteiger partial charge in [0.1, 0.15) is 5.82 Å². The molecule has 36 heavy (non-hydrogen) atoms. The van der Waals surface area contributed by atoms with E-state index in [2.05, 4.69) is 37.0 Å². The van der Waals surface area contributed by atoms with Crippen LogP contribution in [0.15, 0.2) is 67.3 Å². The number of anilines is 3. The van der Waals surface area contributed by atoms with E-state index < -0.39 is 0 Å². The van der Waals surface area contributed by atoms with Crippen molar-refractivity contribution in [3.8, 4) is 5.82 Å². The monoisotopic (exact) mass is 483 g/mol. The van der Waals surface area contributed by atoms with Gasteiger partial charge in [-0.3, -0.25) is 9.48 Å². The van der Waals surface area contributed by atoms with Gasteiger partial charge in [-0.05, 0) is 49.6 Å². The van der Waals surface area contributed by atoms with Gasteiger partial charge in [0.05, 0.1) is 23.5 Å². The molecule has 11 heteroatoms. The van der Waals surface area contributed by atoms with Crippen LogP contribution in [-0.2, 0) is 11.8 Å². The average molecular weight is 484 g/mol. The molecule has 0 radical (unpaired) electrons. The summed E-state index contributed by atoms with van der Waals surface area (Å²) in [7, 11) is 1.76. The summed E-state index contributed by atoms with van der Waals surface area (Å²) < 4.78 is 11.1. The summed E-state index contributed by atoms with van der Waals surface area (Å²) in [4.78, 5) is 16.9. The number of aryl methyl sites for hydroxylation is 1. The number of fused-ring (bicyclic) bond motifs is 1.